The SMILES string of the molecule is CC(CN1CCOCC1)C(=N)N. The Morgan fingerprint density at radius 3 is 2.67 bits per heavy atom. The molecule has 4 heteroatoms. The van der Waals surface area contributed by atoms with Crippen molar-refractivity contribution in [1.29, 1.82) is 5.41 Å². The molecule has 0 aromatic rings. The number of nitrogens with zero attached hydrogens (tertiary/aromatic N) is 1. The molecule has 1 saturated heterocycles. The summed E-state index contributed by atoms with van der Waals surface area (Å²) in [5.74, 6) is 0.449. The molecule has 0 radical (unpaired) electrons. The van der Waals surface area contributed by atoms with Crippen LogP contribution in [-0.4, -0.2) is 43.6 Å². The third-order valence-corrected chi connectivity index (χ3v) is 2.17. The molecule has 1 unspecified atom stereocenters. The van der Waals surface area contributed by atoms with E-state index >= 15 is 0 Å². The highest BCUT2D eigenvalue weighted by atomic mass is 16.5. The van der Waals surface area contributed by atoms with Gasteiger partial charge in [0.25, 0.3) is 0 Å². The second kappa shape index (κ2) is 4.42. The third kappa shape index (κ3) is 2.79. The first-order valence-electron chi connectivity index (χ1n) is 4.34. The van der Waals surface area contributed by atoms with Crippen LogP contribution in [0.3, 0.4) is 0 Å². The van der Waals surface area contributed by atoms with E-state index in [9.17, 15) is 0 Å². The van der Waals surface area contributed by atoms with Gasteiger partial charge in [-0.15, -0.1) is 0 Å². The predicted molar refractivity (Wildman–Crippen MR) is 48.3 cm³/mol. The van der Waals surface area contributed by atoms with Gasteiger partial charge in [-0.3, -0.25) is 10.3 Å². The van der Waals surface area contributed by atoms with Crippen LogP contribution >= 0.6 is 0 Å². The zero-order valence-corrected chi connectivity index (χ0v) is 7.55. The Kier molecular flexibility index (Phi) is 3.49. The molecule has 4 nitrogen and oxygen atoms in total. The molecule has 1 atom stereocenters. The van der Waals surface area contributed by atoms with E-state index in [0.29, 0.717) is 0 Å². The highest BCUT2D eigenvalue weighted by Gasteiger charge is 2.14. The van der Waals surface area contributed by atoms with Crippen LogP contribution < -0.4 is 5.73 Å². The predicted octanol–water partition coefficient (Wildman–Crippen LogP) is -0.109. The Labute approximate surface area is 73.2 Å². The van der Waals surface area contributed by atoms with Crippen molar-refractivity contribution in [2.75, 3.05) is 32.8 Å². The van der Waals surface area contributed by atoms with Gasteiger partial charge in [-0.25, -0.2) is 0 Å². The average molecular weight is 171 g/mol. The Hall–Kier alpha value is -0.610. The summed E-state index contributed by atoms with van der Waals surface area (Å²) < 4.78 is 5.22. The molecular weight excluding hydrogens is 154 g/mol. The fourth-order valence-corrected chi connectivity index (χ4v) is 1.27. The van der Waals surface area contributed by atoms with Gasteiger partial charge in [-0.1, -0.05) is 6.92 Å². The molecule has 1 heterocycles. The molecule has 3 N–H and O–H groups in total. The molecule has 0 bridgehead atoms. The van der Waals surface area contributed by atoms with Gasteiger partial charge in [0.2, 0.25) is 0 Å². The lowest BCUT2D eigenvalue weighted by molar-refractivity contribution is 0.0351. The molecule has 70 valence electrons. The van der Waals surface area contributed by atoms with Crippen molar-refractivity contribution < 1.29 is 4.74 Å². The first-order valence-corrected chi connectivity index (χ1v) is 4.34. The topological polar surface area (TPSA) is 62.3 Å². The number of hydrogen-bond donors (Lipinski definition) is 2. The zero-order chi connectivity index (χ0) is 8.97. The molecule has 0 saturated carbocycles. The van der Waals surface area contributed by atoms with E-state index in [1.54, 1.807) is 0 Å². The second-order valence-corrected chi connectivity index (χ2v) is 3.27. The molecule has 0 aromatic carbocycles. The van der Waals surface area contributed by atoms with Crippen molar-refractivity contribution in [3.05, 3.63) is 0 Å². The van der Waals surface area contributed by atoms with Crippen molar-refractivity contribution in [2.24, 2.45) is 11.7 Å². The summed E-state index contributed by atoms with van der Waals surface area (Å²) >= 11 is 0. The highest BCUT2D eigenvalue weighted by molar-refractivity contribution is 5.79. The Morgan fingerprint density at radius 1 is 1.58 bits per heavy atom. The van der Waals surface area contributed by atoms with Crippen LogP contribution in [0.15, 0.2) is 0 Å². The minimum atomic E-state index is 0.170. The van der Waals surface area contributed by atoms with E-state index < -0.39 is 0 Å². The summed E-state index contributed by atoms with van der Waals surface area (Å²) in [6, 6.07) is 0. The number of hydrogen-bond acceptors (Lipinski definition) is 3. The molecule has 1 rings (SSSR count). The van der Waals surface area contributed by atoms with Gasteiger partial charge in [0.15, 0.2) is 0 Å². The van der Waals surface area contributed by atoms with Crippen molar-refractivity contribution in [3.63, 3.8) is 0 Å². The van der Waals surface area contributed by atoms with Crippen molar-refractivity contribution in [3.8, 4) is 0 Å². The fraction of sp³-hybridized carbons (Fsp3) is 0.875. The smallest absolute Gasteiger partial charge is 0.0947 e. The Bertz CT molecular complexity index is 154. The lowest BCUT2D eigenvalue weighted by Crippen LogP contribution is -2.41. The summed E-state index contributed by atoms with van der Waals surface area (Å²) in [6.07, 6.45) is 0. The van der Waals surface area contributed by atoms with Crippen molar-refractivity contribution >= 4 is 5.84 Å². The van der Waals surface area contributed by atoms with E-state index in [1.807, 2.05) is 6.92 Å². The van der Waals surface area contributed by atoms with Gasteiger partial charge in [-0.05, 0) is 0 Å². The summed E-state index contributed by atoms with van der Waals surface area (Å²) in [7, 11) is 0. The first-order chi connectivity index (χ1) is 5.70. The van der Waals surface area contributed by atoms with E-state index in [1.165, 1.54) is 0 Å². The molecular formula is C8H17N3O. The van der Waals surface area contributed by atoms with Crippen LogP contribution in [0.2, 0.25) is 0 Å². The summed E-state index contributed by atoms with van der Waals surface area (Å²) in [5.41, 5.74) is 5.38. The molecule has 0 aromatic heterocycles. The molecule has 1 aliphatic rings. The lowest BCUT2D eigenvalue weighted by atomic mass is 10.1. The van der Waals surface area contributed by atoms with E-state index in [4.69, 9.17) is 15.9 Å². The summed E-state index contributed by atoms with van der Waals surface area (Å²) in [6.45, 7) is 6.43. The maximum Gasteiger partial charge on any atom is 0.0947 e. The lowest BCUT2D eigenvalue weighted by Gasteiger charge is -2.28. The van der Waals surface area contributed by atoms with Crippen LogP contribution in [0.1, 0.15) is 6.92 Å². The monoisotopic (exact) mass is 171 g/mol. The van der Waals surface area contributed by atoms with Crippen LogP contribution in [0.5, 0.6) is 0 Å². The van der Waals surface area contributed by atoms with E-state index in [0.717, 1.165) is 32.8 Å². The van der Waals surface area contributed by atoms with Crippen LogP contribution in [-0.2, 0) is 4.74 Å². The second-order valence-electron chi connectivity index (χ2n) is 3.27. The summed E-state index contributed by atoms with van der Waals surface area (Å²) in [5, 5.41) is 7.24. The number of nitrogens with two attached hydrogens (primary N) is 1. The van der Waals surface area contributed by atoms with E-state index in [2.05, 4.69) is 4.90 Å². The molecule has 0 aliphatic carbocycles. The number of rotatable bonds is 3. The largest absolute Gasteiger partial charge is 0.387 e. The highest BCUT2D eigenvalue weighted by Crippen LogP contribution is 2.02. The number of nitrogens with one attached hydrogen (secondary N) is 1. The van der Waals surface area contributed by atoms with Crippen LogP contribution in [0.25, 0.3) is 0 Å². The van der Waals surface area contributed by atoms with Crippen LogP contribution in [0, 0.1) is 11.3 Å². The van der Waals surface area contributed by atoms with Gasteiger partial charge in [0, 0.05) is 25.6 Å². The fourth-order valence-electron chi connectivity index (χ4n) is 1.27. The average Bonchev–Trinajstić information content (AvgIpc) is 2.06. The minimum Gasteiger partial charge on any atom is -0.387 e. The van der Waals surface area contributed by atoms with Gasteiger partial charge in [0.1, 0.15) is 0 Å². The van der Waals surface area contributed by atoms with E-state index in [-0.39, 0.29) is 11.8 Å². The van der Waals surface area contributed by atoms with Crippen LogP contribution in [0.4, 0.5) is 0 Å². The molecule has 12 heavy (non-hydrogen) atoms. The molecule has 1 aliphatic heterocycles. The van der Waals surface area contributed by atoms with Crippen molar-refractivity contribution in [2.45, 2.75) is 6.92 Å². The number of ether oxygens (including phenoxy) is 1. The van der Waals surface area contributed by atoms with Gasteiger partial charge >= 0.3 is 0 Å². The molecule has 0 amide bonds. The number of morpholine rings is 1. The maximum atomic E-state index is 7.24. The summed E-state index contributed by atoms with van der Waals surface area (Å²) in [4.78, 5) is 2.29. The third-order valence-electron chi connectivity index (χ3n) is 2.17. The quantitative estimate of drug-likeness (QED) is 0.460. The van der Waals surface area contributed by atoms with Crippen molar-refractivity contribution in [1.82, 2.24) is 4.90 Å². The number of amidine groups is 1. The molecule has 1 fully saturated rings. The van der Waals surface area contributed by atoms with Gasteiger partial charge < -0.3 is 10.5 Å². The van der Waals surface area contributed by atoms with Gasteiger partial charge in [-0.2, -0.15) is 0 Å². The van der Waals surface area contributed by atoms with Gasteiger partial charge in [0.05, 0.1) is 19.0 Å². The first kappa shape index (κ1) is 9.48. The standard InChI is InChI=1S/C8H17N3O/c1-7(8(9)10)6-11-2-4-12-5-3-11/h7H,2-6H2,1H3,(H3,9,10). The Morgan fingerprint density at radius 2 is 2.17 bits per heavy atom. The maximum absolute atomic E-state index is 7.24. The Balaban J connectivity index is 2.24. The zero-order valence-electron chi connectivity index (χ0n) is 7.55. The normalized spacial score (nSPS) is 22.1. The minimum absolute atomic E-state index is 0.170. The molecule has 0 spiro atoms.